The van der Waals surface area contributed by atoms with E-state index in [1.54, 1.807) is 19.1 Å². The van der Waals surface area contributed by atoms with Crippen LogP contribution in [0.4, 0.5) is 4.79 Å². The van der Waals surface area contributed by atoms with Crippen molar-refractivity contribution >= 4 is 11.9 Å². The number of carbonyl (C=O) groups excluding carboxylic acids is 2. The van der Waals surface area contributed by atoms with E-state index in [-0.39, 0.29) is 5.91 Å². The molecule has 1 aromatic rings. The largest absolute Gasteiger partial charge is 0.494 e. The molecule has 3 amide bonds. The molecule has 1 aliphatic heterocycles. The maximum absolute atomic E-state index is 11.8. The molecule has 5 heteroatoms. The zero-order valence-electron chi connectivity index (χ0n) is 11.9. The molecule has 1 aromatic carbocycles. The summed E-state index contributed by atoms with van der Waals surface area (Å²) in [5, 5.41) is 4.88. The predicted octanol–water partition coefficient (Wildman–Crippen LogP) is 2.31. The lowest BCUT2D eigenvalue weighted by atomic mass is 9.92. The molecule has 2 rings (SSSR count). The maximum Gasteiger partial charge on any atom is 0.322 e. The minimum absolute atomic E-state index is 0.334. The van der Waals surface area contributed by atoms with Crippen LogP contribution in [0.1, 0.15) is 38.7 Å². The molecule has 1 aliphatic rings. The van der Waals surface area contributed by atoms with E-state index in [9.17, 15) is 9.59 Å². The average molecular weight is 276 g/mol. The van der Waals surface area contributed by atoms with E-state index in [2.05, 4.69) is 17.6 Å². The van der Waals surface area contributed by atoms with Gasteiger partial charge in [-0.05, 0) is 31.0 Å². The number of carbonyl (C=O) groups is 2. The molecule has 0 aliphatic carbocycles. The fourth-order valence-electron chi connectivity index (χ4n) is 2.17. The molecular weight excluding hydrogens is 256 g/mol. The van der Waals surface area contributed by atoms with Crippen LogP contribution in [0.25, 0.3) is 0 Å². The lowest BCUT2D eigenvalue weighted by Gasteiger charge is -2.21. The summed E-state index contributed by atoms with van der Waals surface area (Å²) in [6, 6.07) is 6.80. The molecule has 5 nitrogen and oxygen atoms in total. The van der Waals surface area contributed by atoms with Gasteiger partial charge in [0.15, 0.2) is 0 Å². The zero-order valence-corrected chi connectivity index (χ0v) is 11.9. The van der Waals surface area contributed by atoms with Crippen molar-refractivity contribution in [3.8, 4) is 5.75 Å². The Morgan fingerprint density at radius 3 is 2.40 bits per heavy atom. The fraction of sp³-hybridized carbons (Fsp3) is 0.467. The van der Waals surface area contributed by atoms with Gasteiger partial charge in [0.05, 0.1) is 6.61 Å². The van der Waals surface area contributed by atoms with Crippen LogP contribution in [0.3, 0.4) is 0 Å². The van der Waals surface area contributed by atoms with Crippen molar-refractivity contribution in [3.63, 3.8) is 0 Å². The molecule has 0 spiro atoms. The molecule has 1 fully saturated rings. The first kappa shape index (κ1) is 14.4. The highest BCUT2D eigenvalue weighted by Gasteiger charge is 2.43. The Morgan fingerprint density at radius 1 is 1.15 bits per heavy atom. The number of rotatable bonds is 6. The van der Waals surface area contributed by atoms with Crippen LogP contribution in [0.5, 0.6) is 5.75 Å². The van der Waals surface area contributed by atoms with Gasteiger partial charge in [0.1, 0.15) is 11.3 Å². The summed E-state index contributed by atoms with van der Waals surface area (Å²) in [6.45, 7) is 4.53. The van der Waals surface area contributed by atoms with E-state index < -0.39 is 11.6 Å². The van der Waals surface area contributed by atoms with Crippen molar-refractivity contribution < 1.29 is 14.3 Å². The number of hydrogen-bond acceptors (Lipinski definition) is 3. The lowest BCUT2D eigenvalue weighted by Crippen LogP contribution is -2.40. The lowest BCUT2D eigenvalue weighted by molar-refractivity contribution is -0.123. The second kappa shape index (κ2) is 5.94. The molecule has 108 valence electrons. The average Bonchev–Trinajstić information content (AvgIpc) is 2.70. The SMILES string of the molecule is CCCCCOc1ccc([C@@]2(C)NC(=O)NC2=O)cc1. The van der Waals surface area contributed by atoms with Crippen LogP contribution in [0, 0.1) is 0 Å². The fourth-order valence-corrected chi connectivity index (χ4v) is 2.17. The summed E-state index contributed by atoms with van der Waals surface area (Å²) in [7, 11) is 0. The second-order valence-corrected chi connectivity index (χ2v) is 5.11. The summed E-state index contributed by atoms with van der Waals surface area (Å²) in [4.78, 5) is 23.1. The van der Waals surface area contributed by atoms with E-state index in [4.69, 9.17) is 4.74 Å². The maximum atomic E-state index is 11.8. The number of imide groups is 1. The first-order valence-electron chi connectivity index (χ1n) is 6.93. The standard InChI is InChI=1S/C15H20N2O3/c1-3-4-5-10-20-12-8-6-11(7-9-12)15(2)13(18)16-14(19)17-15/h6-9H,3-5,10H2,1-2H3,(H2,16,17,18,19)/t15-/m1/s1. The van der Waals surface area contributed by atoms with Gasteiger partial charge in [-0.2, -0.15) is 0 Å². The van der Waals surface area contributed by atoms with Gasteiger partial charge >= 0.3 is 6.03 Å². The number of urea groups is 1. The molecular formula is C15H20N2O3. The number of benzene rings is 1. The molecule has 2 N–H and O–H groups in total. The van der Waals surface area contributed by atoms with Crippen LogP contribution in [-0.2, 0) is 10.3 Å². The third-order valence-corrected chi connectivity index (χ3v) is 3.49. The van der Waals surface area contributed by atoms with E-state index in [0.29, 0.717) is 6.61 Å². The van der Waals surface area contributed by atoms with Crippen molar-refractivity contribution in [3.05, 3.63) is 29.8 Å². The van der Waals surface area contributed by atoms with Gasteiger partial charge in [-0.15, -0.1) is 0 Å². The minimum Gasteiger partial charge on any atom is -0.494 e. The number of nitrogens with one attached hydrogen (secondary N) is 2. The Morgan fingerprint density at radius 2 is 1.85 bits per heavy atom. The molecule has 20 heavy (non-hydrogen) atoms. The van der Waals surface area contributed by atoms with Gasteiger partial charge in [-0.3, -0.25) is 10.1 Å². The monoisotopic (exact) mass is 276 g/mol. The first-order valence-corrected chi connectivity index (χ1v) is 6.93. The van der Waals surface area contributed by atoms with Crippen molar-refractivity contribution in [2.45, 2.75) is 38.6 Å². The Bertz CT molecular complexity index is 498. The van der Waals surface area contributed by atoms with Crippen LogP contribution >= 0.6 is 0 Å². The summed E-state index contributed by atoms with van der Waals surface area (Å²) >= 11 is 0. The third-order valence-electron chi connectivity index (χ3n) is 3.49. The Labute approximate surface area is 118 Å². The summed E-state index contributed by atoms with van der Waals surface area (Å²) < 4.78 is 5.62. The van der Waals surface area contributed by atoms with Crippen molar-refractivity contribution in [2.24, 2.45) is 0 Å². The zero-order chi connectivity index (χ0) is 14.6. The summed E-state index contributed by atoms with van der Waals surface area (Å²) in [5.74, 6) is 0.442. The van der Waals surface area contributed by atoms with Gasteiger partial charge in [-0.25, -0.2) is 4.79 Å². The molecule has 1 saturated heterocycles. The minimum atomic E-state index is -1.00. The molecule has 1 atom stereocenters. The van der Waals surface area contributed by atoms with Crippen LogP contribution in [0.15, 0.2) is 24.3 Å². The summed E-state index contributed by atoms with van der Waals surface area (Å²) in [5.41, 5.74) is -0.264. The quantitative estimate of drug-likeness (QED) is 0.619. The van der Waals surface area contributed by atoms with E-state index in [1.165, 1.54) is 0 Å². The molecule has 0 unspecified atom stereocenters. The topological polar surface area (TPSA) is 67.4 Å². The number of ether oxygens (including phenoxy) is 1. The smallest absolute Gasteiger partial charge is 0.322 e. The Hall–Kier alpha value is -2.04. The van der Waals surface area contributed by atoms with Crippen LogP contribution in [-0.4, -0.2) is 18.5 Å². The first-order chi connectivity index (χ1) is 9.56. The summed E-state index contributed by atoms with van der Waals surface area (Å²) in [6.07, 6.45) is 3.35. The Kier molecular flexibility index (Phi) is 4.27. The van der Waals surface area contributed by atoms with Gasteiger partial charge in [0.25, 0.3) is 5.91 Å². The molecule has 0 bridgehead atoms. The highest BCUT2D eigenvalue weighted by Crippen LogP contribution is 2.26. The van der Waals surface area contributed by atoms with Gasteiger partial charge in [0, 0.05) is 0 Å². The van der Waals surface area contributed by atoms with E-state index in [0.717, 1.165) is 30.6 Å². The van der Waals surface area contributed by atoms with Crippen LogP contribution in [0.2, 0.25) is 0 Å². The van der Waals surface area contributed by atoms with Crippen LogP contribution < -0.4 is 15.4 Å². The van der Waals surface area contributed by atoms with Gasteiger partial charge in [-0.1, -0.05) is 31.9 Å². The van der Waals surface area contributed by atoms with Crippen molar-refractivity contribution in [2.75, 3.05) is 6.61 Å². The second-order valence-electron chi connectivity index (χ2n) is 5.11. The van der Waals surface area contributed by atoms with Crippen molar-refractivity contribution in [1.82, 2.24) is 10.6 Å². The van der Waals surface area contributed by atoms with Gasteiger partial charge < -0.3 is 10.1 Å². The predicted molar refractivity (Wildman–Crippen MR) is 75.5 cm³/mol. The number of unbranched alkanes of at least 4 members (excludes halogenated alkanes) is 2. The molecule has 1 heterocycles. The van der Waals surface area contributed by atoms with Crippen molar-refractivity contribution in [1.29, 1.82) is 0 Å². The molecule has 0 aromatic heterocycles. The molecule has 0 saturated carbocycles. The highest BCUT2D eigenvalue weighted by molar-refractivity contribution is 6.07. The van der Waals surface area contributed by atoms with E-state index >= 15 is 0 Å². The normalized spacial score (nSPS) is 21.5. The number of amides is 3. The van der Waals surface area contributed by atoms with E-state index in [1.807, 2.05) is 12.1 Å². The highest BCUT2D eigenvalue weighted by atomic mass is 16.5. The Balaban J connectivity index is 2.01. The van der Waals surface area contributed by atoms with Gasteiger partial charge in [0.2, 0.25) is 0 Å². The third kappa shape index (κ3) is 2.92. The number of hydrogen-bond donors (Lipinski definition) is 2. The molecule has 0 radical (unpaired) electrons.